The Labute approximate surface area is 173 Å². The minimum absolute atomic E-state index is 0.264. The summed E-state index contributed by atoms with van der Waals surface area (Å²) in [5, 5.41) is 12.5. The highest BCUT2D eigenvalue weighted by molar-refractivity contribution is 6.04. The van der Waals surface area contributed by atoms with Gasteiger partial charge in [-0.05, 0) is 48.5 Å². The van der Waals surface area contributed by atoms with Crippen LogP contribution in [0.15, 0.2) is 97.3 Å². The molecule has 0 radical (unpaired) electrons. The van der Waals surface area contributed by atoms with Gasteiger partial charge in [0.25, 0.3) is 5.91 Å². The van der Waals surface area contributed by atoms with Crippen LogP contribution in [0.3, 0.4) is 0 Å². The van der Waals surface area contributed by atoms with E-state index in [0.29, 0.717) is 22.6 Å². The Morgan fingerprint density at radius 1 is 0.667 bits per heavy atom. The molecule has 0 unspecified atom stereocenters. The second kappa shape index (κ2) is 8.74. The summed E-state index contributed by atoms with van der Waals surface area (Å²) in [7, 11) is 0. The molecule has 30 heavy (non-hydrogen) atoms. The number of carbonyl (C=O) groups is 2. The summed E-state index contributed by atoms with van der Waals surface area (Å²) in [5.41, 5.74) is 3.25. The monoisotopic (exact) mass is 397 g/mol. The number of hydrogen-bond donors (Lipinski definition) is 3. The summed E-state index contributed by atoms with van der Waals surface area (Å²) >= 11 is 0. The van der Waals surface area contributed by atoms with Gasteiger partial charge in [0.15, 0.2) is 0 Å². The number of nitrogens with one attached hydrogen (secondary N) is 3. The molecule has 148 valence electrons. The number of urea groups is 1. The van der Waals surface area contributed by atoms with E-state index in [1.165, 1.54) is 6.20 Å². The maximum absolute atomic E-state index is 12.5. The summed E-state index contributed by atoms with van der Waals surface area (Å²) in [4.78, 5) is 24.5. The number of aromatic nitrogens is 2. The molecule has 0 aliphatic rings. The molecule has 0 bridgehead atoms. The van der Waals surface area contributed by atoms with Gasteiger partial charge in [0, 0.05) is 23.3 Å². The largest absolute Gasteiger partial charge is 0.323 e. The third-order valence-corrected chi connectivity index (χ3v) is 4.30. The molecular weight excluding hydrogens is 378 g/mol. The fourth-order valence-electron chi connectivity index (χ4n) is 2.82. The van der Waals surface area contributed by atoms with E-state index in [1.807, 2.05) is 48.5 Å². The molecule has 1 heterocycles. The van der Waals surface area contributed by atoms with Crippen LogP contribution in [0.5, 0.6) is 0 Å². The topological polar surface area (TPSA) is 88.1 Å². The second-order valence-corrected chi connectivity index (χ2v) is 6.49. The smallest absolute Gasteiger partial charge is 0.322 e. The van der Waals surface area contributed by atoms with Crippen LogP contribution in [-0.4, -0.2) is 21.7 Å². The van der Waals surface area contributed by atoms with Crippen LogP contribution < -0.4 is 16.0 Å². The summed E-state index contributed by atoms with van der Waals surface area (Å²) in [6.07, 6.45) is 3.20. The first-order chi connectivity index (χ1) is 14.7. The Hall–Kier alpha value is -4.39. The van der Waals surface area contributed by atoms with Gasteiger partial charge in [-0.3, -0.25) is 4.79 Å². The molecule has 0 saturated heterocycles. The van der Waals surface area contributed by atoms with Crippen molar-refractivity contribution in [1.82, 2.24) is 9.78 Å². The average molecular weight is 397 g/mol. The van der Waals surface area contributed by atoms with Crippen molar-refractivity contribution < 1.29 is 9.59 Å². The predicted molar refractivity (Wildman–Crippen MR) is 117 cm³/mol. The SMILES string of the molecule is O=C(Nc1ccccc1)Nc1ccc(NC(=O)c2cnn(-c3ccccc3)c2)cc1. The fourth-order valence-corrected chi connectivity index (χ4v) is 2.82. The molecular formula is C23H19N5O2. The van der Waals surface area contributed by atoms with Gasteiger partial charge in [-0.1, -0.05) is 36.4 Å². The highest BCUT2D eigenvalue weighted by Gasteiger charge is 2.10. The number of benzene rings is 3. The molecule has 0 atom stereocenters. The van der Waals surface area contributed by atoms with Crippen LogP contribution >= 0.6 is 0 Å². The lowest BCUT2D eigenvalue weighted by Crippen LogP contribution is -2.19. The number of hydrogen-bond acceptors (Lipinski definition) is 3. The number of rotatable bonds is 5. The molecule has 0 aliphatic carbocycles. The number of carbonyl (C=O) groups excluding carboxylic acids is 2. The van der Waals surface area contributed by atoms with Gasteiger partial charge in [0.05, 0.1) is 17.4 Å². The quantitative estimate of drug-likeness (QED) is 0.453. The van der Waals surface area contributed by atoms with E-state index in [0.717, 1.165) is 5.69 Å². The van der Waals surface area contributed by atoms with E-state index in [-0.39, 0.29) is 11.9 Å². The van der Waals surface area contributed by atoms with Crippen LogP contribution in [0.25, 0.3) is 5.69 Å². The van der Waals surface area contributed by atoms with Gasteiger partial charge in [0.2, 0.25) is 0 Å². The molecule has 0 saturated carbocycles. The zero-order valence-corrected chi connectivity index (χ0v) is 15.9. The Kier molecular flexibility index (Phi) is 5.52. The standard InChI is InChI=1S/C23H19N5O2/c29-22(17-15-24-28(16-17)21-9-5-2-6-10-21)25-19-11-13-20(14-12-19)27-23(30)26-18-7-3-1-4-8-18/h1-16H,(H,25,29)(H2,26,27,30). The summed E-state index contributed by atoms with van der Waals surface area (Å²) in [6, 6.07) is 25.3. The highest BCUT2D eigenvalue weighted by atomic mass is 16.2. The second-order valence-electron chi connectivity index (χ2n) is 6.49. The highest BCUT2D eigenvalue weighted by Crippen LogP contribution is 2.16. The molecule has 0 aliphatic heterocycles. The molecule has 3 N–H and O–H groups in total. The molecule has 0 spiro atoms. The van der Waals surface area contributed by atoms with Crippen LogP contribution in [0, 0.1) is 0 Å². The third kappa shape index (κ3) is 4.71. The average Bonchev–Trinajstić information content (AvgIpc) is 3.27. The van der Waals surface area contributed by atoms with Crippen molar-refractivity contribution in [2.75, 3.05) is 16.0 Å². The first-order valence-electron chi connectivity index (χ1n) is 9.32. The predicted octanol–water partition coefficient (Wildman–Crippen LogP) is 4.77. The number of anilines is 3. The van der Waals surface area contributed by atoms with Gasteiger partial charge in [-0.2, -0.15) is 5.10 Å². The molecule has 3 aromatic carbocycles. The van der Waals surface area contributed by atoms with Gasteiger partial charge in [0.1, 0.15) is 0 Å². The lowest BCUT2D eigenvalue weighted by molar-refractivity contribution is 0.102. The minimum atomic E-state index is -0.341. The van der Waals surface area contributed by atoms with Crippen molar-refractivity contribution in [3.63, 3.8) is 0 Å². The molecule has 1 aromatic heterocycles. The fraction of sp³-hybridized carbons (Fsp3) is 0. The van der Waals surface area contributed by atoms with E-state index in [2.05, 4.69) is 21.0 Å². The number of para-hydroxylation sites is 2. The van der Waals surface area contributed by atoms with Crippen molar-refractivity contribution in [2.45, 2.75) is 0 Å². The van der Waals surface area contributed by atoms with Crippen molar-refractivity contribution in [2.24, 2.45) is 0 Å². The van der Waals surface area contributed by atoms with Crippen molar-refractivity contribution in [3.8, 4) is 5.69 Å². The summed E-state index contributed by atoms with van der Waals surface area (Å²) < 4.78 is 1.65. The van der Waals surface area contributed by atoms with Gasteiger partial charge in [-0.15, -0.1) is 0 Å². The number of nitrogens with zero attached hydrogens (tertiary/aromatic N) is 2. The first-order valence-corrected chi connectivity index (χ1v) is 9.32. The van der Waals surface area contributed by atoms with Crippen molar-refractivity contribution >= 4 is 29.0 Å². The van der Waals surface area contributed by atoms with Gasteiger partial charge >= 0.3 is 6.03 Å². The molecule has 0 fully saturated rings. The summed E-state index contributed by atoms with van der Waals surface area (Å²) in [6.45, 7) is 0. The Morgan fingerprint density at radius 3 is 1.83 bits per heavy atom. The Balaban J connectivity index is 1.35. The Morgan fingerprint density at radius 2 is 1.20 bits per heavy atom. The van der Waals surface area contributed by atoms with Crippen LogP contribution in [0.1, 0.15) is 10.4 Å². The van der Waals surface area contributed by atoms with E-state index in [4.69, 9.17) is 0 Å². The van der Waals surface area contributed by atoms with E-state index < -0.39 is 0 Å². The zero-order chi connectivity index (χ0) is 20.8. The lowest BCUT2D eigenvalue weighted by atomic mass is 10.2. The van der Waals surface area contributed by atoms with Crippen LogP contribution in [-0.2, 0) is 0 Å². The van der Waals surface area contributed by atoms with Gasteiger partial charge < -0.3 is 16.0 Å². The number of amides is 3. The normalized spacial score (nSPS) is 10.3. The minimum Gasteiger partial charge on any atom is -0.322 e. The molecule has 7 heteroatoms. The molecule has 7 nitrogen and oxygen atoms in total. The molecule has 4 aromatic rings. The maximum atomic E-state index is 12.5. The Bertz CT molecular complexity index is 1140. The van der Waals surface area contributed by atoms with Crippen LogP contribution in [0.4, 0.5) is 21.9 Å². The van der Waals surface area contributed by atoms with Crippen molar-refractivity contribution in [1.29, 1.82) is 0 Å². The van der Waals surface area contributed by atoms with E-state index >= 15 is 0 Å². The van der Waals surface area contributed by atoms with E-state index in [9.17, 15) is 9.59 Å². The first kappa shape index (κ1) is 18.9. The van der Waals surface area contributed by atoms with Crippen LogP contribution in [0.2, 0.25) is 0 Å². The third-order valence-electron chi connectivity index (χ3n) is 4.30. The lowest BCUT2D eigenvalue weighted by Gasteiger charge is -2.09. The zero-order valence-electron chi connectivity index (χ0n) is 15.9. The summed E-state index contributed by atoms with van der Waals surface area (Å²) in [5.74, 6) is -0.264. The molecule has 4 rings (SSSR count). The van der Waals surface area contributed by atoms with Gasteiger partial charge in [-0.25, -0.2) is 9.48 Å². The maximum Gasteiger partial charge on any atom is 0.323 e. The van der Waals surface area contributed by atoms with Crippen molar-refractivity contribution in [3.05, 3.63) is 103 Å². The molecule has 3 amide bonds. The van der Waals surface area contributed by atoms with E-state index in [1.54, 1.807) is 47.3 Å².